The molecule has 0 heterocycles. The zero-order chi connectivity index (χ0) is 14.1. The Morgan fingerprint density at radius 1 is 1.45 bits per heavy atom. The molecule has 0 bridgehead atoms. The predicted molar refractivity (Wildman–Crippen MR) is 86.9 cm³/mol. The second kappa shape index (κ2) is 11.2. The van der Waals surface area contributed by atoms with Gasteiger partial charge in [0.2, 0.25) is 5.91 Å². The van der Waals surface area contributed by atoms with E-state index in [0.717, 1.165) is 15.7 Å². The van der Waals surface area contributed by atoms with Gasteiger partial charge in [-0.1, -0.05) is 11.6 Å². The highest BCUT2D eigenvalue weighted by Crippen LogP contribution is 2.19. The number of benzene rings is 1. The van der Waals surface area contributed by atoms with Crippen LogP contribution < -0.4 is 11.1 Å². The Morgan fingerprint density at radius 2 is 2.10 bits per heavy atom. The number of methoxy groups -OCH3 is 1. The third-order valence-electron chi connectivity index (χ3n) is 2.52. The van der Waals surface area contributed by atoms with Gasteiger partial charge in [-0.15, -0.1) is 24.2 Å². The largest absolute Gasteiger partial charge is 0.380 e. The fraction of sp³-hybridized carbons (Fsp3) is 0.462. The van der Waals surface area contributed by atoms with Crippen molar-refractivity contribution in [3.8, 4) is 0 Å². The smallest absolute Gasteiger partial charge is 0.222 e. The third kappa shape index (κ3) is 7.97. The number of amides is 1. The molecule has 1 unspecified atom stereocenters. The predicted octanol–water partition coefficient (Wildman–Crippen LogP) is 2.33. The molecule has 1 amide bonds. The first-order valence-corrected chi connectivity index (χ1v) is 7.40. The zero-order valence-electron chi connectivity index (χ0n) is 11.3. The summed E-state index contributed by atoms with van der Waals surface area (Å²) in [6, 6.07) is 7.63. The van der Waals surface area contributed by atoms with Crippen molar-refractivity contribution in [2.24, 2.45) is 5.73 Å². The standard InChI is InChI=1S/C13H19ClN2O2S.ClH/c1-18-11(9-15)8-13(17)16-6-7-19-12-4-2-10(14)3-5-12;/h2-5,11H,6-9,15H2,1H3,(H,16,17);1H. The number of thioether (sulfide) groups is 1. The Morgan fingerprint density at radius 3 is 2.65 bits per heavy atom. The van der Waals surface area contributed by atoms with Crippen molar-refractivity contribution < 1.29 is 9.53 Å². The normalized spacial score (nSPS) is 11.6. The van der Waals surface area contributed by atoms with E-state index in [4.69, 9.17) is 22.1 Å². The van der Waals surface area contributed by atoms with Crippen molar-refractivity contribution >= 4 is 41.7 Å². The first-order valence-electron chi connectivity index (χ1n) is 6.03. The van der Waals surface area contributed by atoms with E-state index in [2.05, 4.69) is 5.32 Å². The maximum Gasteiger partial charge on any atom is 0.222 e. The summed E-state index contributed by atoms with van der Waals surface area (Å²) >= 11 is 7.47. The van der Waals surface area contributed by atoms with Crippen LogP contribution in [0.3, 0.4) is 0 Å². The number of rotatable bonds is 8. The monoisotopic (exact) mass is 338 g/mol. The molecule has 4 nitrogen and oxygen atoms in total. The van der Waals surface area contributed by atoms with Crippen LogP contribution in [0.5, 0.6) is 0 Å². The fourth-order valence-corrected chi connectivity index (χ4v) is 2.33. The summed E-state index contributed by atoms with van der Waals surface area (Å²) in [6.45, 7) is 0.969. The Labute approximate surface area is 135 Å². The Balaban J connectivity index is 0.00000361. The van der Waals surface area contributed by atoms with Crippen molar-refractivity contribution in [1.29, 1.82) is 0 Å². The summed E-state index contributed by atoms with van der Waals surface area (Å²) in [5, 5.41) is 3.57. The third-order valence-corrected chi connectivity index (χ3v) is 3.78. The summed E-state index contributed by atoms with van der Waals surface area (Å²) in [5.41, 5.74) is 5.45. The first-order chi connectivity index (χ1) is 9.15. The van der Waals surface area contributed by atoms with Crippen molar-refractivity contribution in [3.05, 3.63) is 29.3 Å². The van der Waals surface area contributed by atoms with Gasteiger partial charge in [-0.25, -0.2) is 0 Å². The molecular weight excluding hydrogens is 319 g/mol. The number of ether oxygens (including phenoxy) is 1. The molecule has 0 fully saturated rings. The van der Waals surface area contributed by atoms with Gasteiger partial charge in [0.15, 0.2) is 0 Å². The Hall–Kier alpha value is -0.460. The summed E-state index contributed by atoms with van der Waals surface area (Å²) in [5.74, 6) is 0.780. The molecule has 0 saturated carbocycles. The molecule has 7 heteroatoms. The summed E-state index contributed by atoms with van der Waals surface area (Å²) < 4.78 is 5.05. The summed E-state index contributed by atoms with van der Waals surface area (Å²) in [6.07, 6.45) is 0.0995. The molecule has 0 spiro atoms. The maximum absolute atomic E-state index is 11.6. The molecule has 1 aromatic carbocycles. The highest BCUT2D eigenvalue weighted by atomic mass is 35.5. The number of nitrogens with one attached hydrogen (secondary N) is 1. The minimum atomic E-state index is -0.205. The van der Waals surface area contributed by atoms with Gasteiger partial charge in [0.25, 0.3) is 0 Å². The van der Waals surface area contributed by atoms with Crippen LogP contribution in [0.2, 0.25) is 5.02 Å². The molecule has 0 aromatic heterocycles. The van der Waals surface area contributed by atoms with E-state index in [1.807, 2.05) is 24.3 Å². The van der Waals surface area contributed by atoms with Crippen molar-refractivity contribution in [2.75, 3.05) is 26.0 Å². The summed E-state index contributed by atoms with van der Waals surface area (Å²) in [4.78, 5) is 12.7. The van der Waals surface area contributed by atoms with E-state index in [-0.39, 0.29) is 24.4 Å². The van der Waals surface area contributed by atoms with Gasteiger partial charge in [-0.05, 0) is 24.3 Å². The van der Waals surface area contributed by atoms with Crippen LogP contribution in [-0.4, -0.2) is 38.0 Å². The number of halogens is 2. The fourth-order valence-electron chi connectivity index (χ4n) is 1.43. The van der Waals surface area contributed by atoms with Crippen molar-refractivity contribution in [2.45, 2.75) is 17.4 Å². The SMILES string of the molecule is COC(CN)CC(=O)NCCSc1ccc(Cl)cc1.Cl. The topological polar surface area (TPSA) is 64.3 Å². The first kappa shape index (κ1) is 19.5. The lowest BCUT2D eigenvalue weighted by molar-refractivity contribution is -0.123. The second-order valence-electron chi connectivity index (χ2n) is 3.95. The van der Waals surface area contributed by atoms with Crippen molar-refractivity contribution in [3.63, 3.8) is 0 Å². The number of hydrogen-bond donors (Lipinski definition) is 2. The van der Waals surface area contributed by atoms with E-state index in [0.29, 0.717) is 19.5 Å². The molecule has 0 radical (unpaired) electrons. The van der Waals surface area contributed by atoms with Crippen LogP contribution in [0, 0.1) is 0 Å². The molecule has 0 aliphatic carbocycles. The van der Waals surface area contributed by atoms with Gasteiger partial charge < -0.3 is 15.8 Å². The Bertz CT molecular complexity index is 386. The molecule has 3 N–H and O–H groups in total. The Kier molecular flexibility index (Phi) is 11.0. The van der Waals surface area contributed by atoms with Gasteiger partial charge in [-0.3, -0.25) is 4.79 Å². The highest BCUT2D eigenvalue weighted by Gasteiger charge is 2.10. The van der Waals surface area contributed by atoms with Crippen LogP contribution in [0.1, 0.15) is 6.42 Å². The van der Waals surface area contributed by atoms with Crippen LogP contribution in [0.4, 0.5) is 0 Å². The molecule has 114 valence electrons. The molecule has 0 aliphatic rings. The summed E-state index contributed by atoms with van der Waals surface area (Å²) in [7, 11) is 1.56. The number of carbonyl (C=O) groups is 1. The second-order valence-corrected chi connectivity index (χ2v) is 5.55. The van der Waals surface area contributed by atoms with E-state index < -0.39 is 0 Å². The molecule has 1 atom stereocenters. The lowest BCUT2D eigenvalue weighted by Crippen LogP contribution is -2.33. The van der Waals surface area contributed by atoms with E-state index in [1.165, 1.54) is 0 Å². The maximum atomic E-state index is 11.6. The molecular formula is C13H20Cl2N2O2S. The van der Waals surface area contributed by atoms with Gasteiger partial charge >= 0.3 is 0 Å². The molecule has 0 aliphatic heterocycles. The molecule has 1 rings (SSSR count). The van der Waals surface area contributed by atoms with Gasteiger partial charge in [0.05, 0.1) is 12.5 Å². The minimum Gasteiger partial charge on any atom is -0.380 e. The van der Waals surface area contributed by atoms with E-state index in [9.17, 15) is 4.79 Å². The molecule has 20 heavy (non-hydrogen) atoms. The lowest BCUT2D eigenvalue weighted by atomic mass is 10.2. The van der Waals surface area contributed by atoms with Crippen LogP contribution >= 0.6 is 35.8 Å². The van der Waals surface area contributed by atoms with Gasteiger partial charge in [0.1, 0.15) is 0 Å². The van der Waals surface area contributed by atoms with Crippen LogP contribution in [-0.2, 0) is 9.53 Å². The van der Waals surface area contributed by atoms with Crippen molar-refractivity contribution in [1.82, 2.24) is 5.32 Å². The van der Waals surface area contributed by atoms with Gasteiger partial charge in [-0.2, -0.15) is 0 Å². The van der Waals surface area contributed by atoms with Crippen LogP contribution in [0.15, 0.2) is 29.2 Å². The van der Waals surface area contributed by atoms with E-state index in [1.54, 1.807) is 18.9 Å². The molecule has 1 aromatic rings. The minimum absolute atomic E-state index is 0. The quantitative estimate of drug-likeness (QED) is 0.564. The lowest BCUT2D eigenvalue weighted by Gasteiger charge is -2.12. The zero-order valence-corrected chi connectivity index (χ0v) is 13.7. The van der Waals surface area contributed by atoms with Gasteiger partial charge in [0, 0.05) is 35.9 Å². The average Bonchev–Trinajstić information content (AvgIpc) is 2.43. The highest BCUT2D eigenvalue weighted by molar-refractivity contribution is 7.99. The molecule has 0 saturated heterocycles. The number of hydrogen-bond acceptors (Lipinski definition) is 4. The number of carbonyl (C=O) groups excluding carboxylic acids is 1. The van der Waals surface area contributed by atoms with Crippen LogP contribution in [0.25, 0.3) is 0 Å². The average molecular weight is 339 g/mol. The van der Waals surface area contributed by atoms with E-state index >= 15 is 0 Å². The number of nitrogens with two attached hydrogens (primary N) is 1.